The lowest BCUT2D eigenvalue weighted by molar-refractivity contribution is -0.126. The number of rotatable bonds is 2. The Bertz CT molecular complexity index is 1110. The van der Waals surface area contributed by atoms with Gasteiger partial charge in [0.2, 0.25) is 0 Å². The smallest absolute Gasteiger partial charge is 0.256 e. The minimum atomic E-state index is -1.04. The molecule has 0 radical (unpaired) electrons. The van der Waals surface area contributed by atoms with Gasteiger partial charge >= 0.3 is 0 Å². The van der Waals surface area contributed by atoms with Gasteiger partial charge in [0, 0.05) is 17.1 Å². The average molecular weight is 424 g/mol. The molecule has 6 N–H and O–H groups in total. The Morgan fingerprint density at radius 1 is 1.00 bits per heavy atom. The Labute approximate surface area is 178 Å². The van der Waals surface area contributed by atoms with E-state index in [1.807, 2.05) is 11.0 Å². The monoisotopic (exact) mass is 424 g/mol. The molecule has 1 amide bonds. The molecule has 0 bridgehead atoms. The fourth-order valence-electron chi connectivity index (χ4n) is 5.81. The molecular formula is C23H24N2O6. The number of phenolic OH excluding ortho intramolecular Hbond substituents is 1. The first-order valence-electron chi connectivity index (χ1n) is 10.5. The lowest BCUT2D eigenvalue weighted by Gasteiger charge is -2.44. The van der Waals surface area contributed by atoms with E-state index in [9.17, 15) is 30.0 Å². The van der Waals surface area contributed by atoms with Crippen LogP contribution in [0.4, 0.5) is 0 Å². The molecule has 5 rings (SSSR count). The van der Waals surface area contributed by atoms with Gasteiger partial charge in [-0.25, -0.2) is 0 Å². The van der Waals surface area contributed by atoms with Crippen molar-refractivity contribution in [2.75, 3.05) is 13.1 Å². The number of aromatic hydroxyl groups is 1. The van der Waals surface area contributed by atoms with E-state index in [-0.39, 0.29) is 39.9 Å². The van der Waals surface area contributed by atoms with Crippen LogP contribution >= 0.6 is 0 Å². The van der Waals surface area contributed by atoms with E-state index in [4.69, 9.17) is 5.73 Å². The molecule has 1 fully saturated rings. The molecule has 1 heterocycles. The average Bonchev–Trinajstić information content (AvgIpc) is 3.21. The summed E-state index contributed by atoms with van der Waals surface area (Å²) in [7, 11) is 0. The molecular weight excluding hydrogens is 400 g/mol. The summed E-state index contributed by atoms with van der Waals surface area (Å²) in [6.45, 7) is 1.37. The van der Waals surface area contributed by atoms with Crippen LogP contribution in [0.15, 0.2) is 46.4 Å². The van der Waals surface area contributed by atoms with E-state index >= 15 is 0 Å². The Hall–Kier alpha value is -3.26. The number of nitrogens with two attached hydrogens (primary N) is 1. The molecule has 0 spiro atoms. The molecule has 8 nitrogen and oxygen atoms in total. The van der Waals surface area contributed by atoms with Crippen LogP contribution < -0.4 is 5.73 Å². The first-order chi connectivity index (χ1) is 14.8. The number of likely N-dealkylation sites (tertiary alicyclic amines) is 1. The number of phenols is 1. The van der Waals surface area contributed by atoms with Crippen LogP contribution in [0.25, 0.3) is 5.76 Å². The van der Waals surface area contributed by atoms with Gasteiger partial charge in [0.05, 0.1) is 11.6 Å². The fraction of sp³-hybridized carbons (Fsp3) is 0.391. The largest absolute Gasteiger partial charge is 0.507 e. The Morgan fingerprint density at radius 2 is 1.71 bits per heavy atom. The van der Waals surface area contributed by atoms with Crippen molar-refractivity contribution >= 4 is 17.4 Å². The maximum Gasteiger partial charge on any atom is 0.256 e. The molecule has 1 aliphatic heterocycles. The van der Waals surface area contributed by atoms with Gasteiger partial charge < -0.3 is 26.2 Å². The quantitative estimate of drug-likeness (QED) is 0.457. The fourth-order valence-corrected chi connectivity index (χ4v) is 5.81. The lowest BCUT2D eigenvalue weighted by Crippen LogP contribution is -2.52. The highest BCUT2D eigenvalue weighted by atomic mass is 16.3. The van der Waals surface area contributed by atoms with Crippen molar-refractivity contribution in [3.63, 3.8) is 0 Å². The minimum absolute atomic E-state index is 0.0713. The van der Waals surface area contributed by atoms with E-state index < -0.39 is 35.0 Å². The highest BCUT2D eigenvalue weighted by Crippen LogP contribution is 2.51. The predicted octanol–water partition coefficient (Wildman–Crippen LogP) is 2.01. The van der Waals surface area contributed by atoms with Crippen molar-refractivity contribution in [1.29, 1.82) is 0 Å². The molecule has 1 aromatic rings. The van der Waals surface area contributed by atoms with E-state index in [1.165, 1.54) is 6.07 Å². The highest BCUT2D eigenvalue weighted by Gasteiger charge is 2.51. The number of ketones is 1. The van der Waals surface area contributed by atoms with Crippen LogP contribution in [0, 0.1) is 11.8 Å². The normalized spacial score (nSPS) is 28.5. The second-order valence-corrected chi connectivity index (χ2v) is 8.72. The first kappa shape index (κ1) is 19.7. The Balaban J connectivity index is 1.75. The van der Waals surface area contributed by atoms with E-state index in [2.05, 4.69) is 0 Å². The number of aliphatic hydroxyl groups is 3. The van der Waals surface area contributed by atoms with E-state index in [0.29, 0.717) is 25.9 Å². The van der Waals surface area contributed by atoms with Crippen molar-refractivity contribution in [1.82, 2.24) is 4.90 Å². The number of fused-ring (bicyclic) bond motifs is 3. The van der Waals surface area contributed by atoms with Crippen LogP contribution in [0.2, 0.25) is 0 Å². The zero-order chi connectivity index (χ0) is 22.0. The van der Waals surface area contributed by atoms with Crippen molar-refractivity contribution in [3.05, 3.63) is 57.6 Å². The number of nitrogens with zero attached hydrogens (tertiary/aromatic N) is 1. The molecule has 1 saturated heterocycles. The van der Waals surface area contributed by atoms with Crippen LogP contribution in [-0.2, 0) is 16.0 Å². The summed E-state index contributed by atoms with van der Waals surface area (Å²) < 4.78 is 0. The van der Waals surface area contributed by atoms with Crippen LogP contribution in [-0.4, -0.2) is 56.1 Å². The highest BCUT2D eigenvalue weighted by molar-refractivity contribution is 6.22. The number of allylic oxidation sites excluding steroid dienone is 2. The van der Waals surface area contributed by atoms with E-state index in [0.717, 1.165) is 18.4 Å². The topological polar surface area (TPSA) is 144 Å². The number of hydrogen-bond donors (Lipinski definition) is 5. The van der Waals surface area contributed by atoms with Crippen molar-refractivity contribution in [2.45, 2.75) is 31.7 Å². The van der Waals surface area contributed by atoms with Crippen molar-refractivity contribution < 1.29 is 30.0 Å². The third-order valence-electron chi connectivity index (χ3n) is 7.08. The number of amides is 1. The number of hydrogen-bond acceptors (Lipinski definition) is 7. The zero-order valence-corrected chi connectivity index (χ0v) is 16.8. The van der Waals surface area contributed by atoms with Crippen molar-refractivity contribution in [3.8, 4) is 5.75 Å². The standard InChI is InChI=1S/C23H24N2O6/c24-23(31)17-21(29)16-12(18(22(17)30)25-6-1-2-7-25)9-11-8-10-4-3-5-13(26)14(10)19(27)15(11)20(16)28/h3-5,11-12,18,26-29H,1-2,6-9H2,(H2,24,31)/t11-,12+,18+/m0/s1. The number of carbonyl (C=O) groups excluding carboxylic acids is 2. The van der Waals surface area contributed by atoms with Gasteiger partial charge in [-0.1, -0.05) is 12.1 Å². The summed E-state index contributed by atoms with van der Waals surface area (Å²) in [5, 5.41) is 43.2. The Morgan fingerprint density at radius 3 is 2.39 bits per heavy atom. The second kappa shape index (κ2) is 6.88. The zero-order valence-electron chi connectivity index (χ0n) is 16.8. The number of aliphatic hydroxyl groups excluding tert-OH is 3. The molecule has 8 heteroatoms. The molecule has 4 aliphatic rings. The number of benzene rings is 1. The first-order valence-corrected chi connectivity index (χ1v) is 10.5. The molecule has 3 atom stereocenters. The molecule has 3 aliphatic carbocycles. The Kier molecular flexibility index (Phi) is 4.37. The van der Waals surface area contributed by atoms with E-state index in [1.54, 1.807) is 6.07 Å². The van der Waals surface area contributed by atoms with Gasteiger partial charge in [-0.05, 0) is 56.3 Å². The number of Topliss-reactive ketones (excluding diaryl/α,β-unsaturated/α-hetero) is 1. The summed E-state index contributed by atoms with van der Waals surface area (Å²) in [5.41, 5.74) is 6.20. The van der Waals surface area contributed by atoms with Gasteiger partial charge in [-0.2, -0.15) is 0 Å². The predicted molar refractivity (Wildman–Crippen MR) is 111 cm³/mol. The summed E-state index contributed by atoms with van der Waals surface area (Å²) >= 11 is 0. The number of primary amides is 1. The lowest BCUT2D eigenvalue weighted by atomic mass is 9.64. The van der Waals surface area contributed by atoms with Crippen LogP contribution in [0.5, 0.6) is 5.75 Å². The molecule has 0 aromatic heterocycles. The SMILES string of the molecule is NC(=O)C1=C(O)C2=C(O)C3=C(O)c4c(O)cccc4C[C@H]3C[C@H]2[C@@H](N2CCCC2)C1=O. The van der Waals surface area contributed by atoms with Gasteiger partial charge in [-0.3, -0.25) is 14.5 Å². The number of carbonyl (C=O) groups is 2. The summed E-state index contributed by atoms with van der Waals surface area (Å²) in [4.78, 5) is 27.3. The third kappa shape index (κ3) is 2.71. The maximum atomic E-state index is 13.2. The summed E-state index contributed by atoms with van der Waals surface area (Å²) in [5.74, 6) is -3.71. The molecule has 1 aromatic carbocycles. The van der Waals surface area contributed by atoms with Gasteiger partial charge in [0.15, 0.2) is 5.78 Å². The molecule has 0 unspecified atom stereocenters. The summed E-state index contributed by atoms with van der Waals surface area (Å²) in [6, 6.07) is 4.26. The molecule has 31 heavy (non-hydrogen) atoms. The van der Waals surface area contributed by atoms with Gasteiger partial charge in [0.25, 0.3) is 5.91 Å². The maximum absolute atomic E-state index is 13.2. The van der Waals surface area contributed by atoms with Gasteiger partial charge in [0.1, 0.15) is 28.6 Å². The van der Waals surface area contributed by atoms with Crippen LogP contribution in [0.3, 0.4) is 0 Å². The van der Waals surface area contributed by atoms with Crippen molar-refractivity contribution in [2.24, 2.45) is 17.6 Å². The minimum Gasteiger partial charge on any atom is -0.507 e. The third-order valence-corrected chi connectivity index (χ3v) is 7.08. The summed E-state index contributed by atoms with van der Waals surface area (Å²) in [6.07, 6.45) is 2.71. The molecule has 0 saturated carbocycles. The van der Waals surface area contributed by atoms with Crippen LogP contribution in [0.1, 0.15) is 30.4 Å². The molecule has 162 valence electrons. The second-order valence-electron chi connectivity index (χ2n) is 8.72. The van der Waals surface area contributed by atoms with Gasteiger partial charge in [-0.15, -0.1) is 0 Å².